The monoisotopic (exact) mass is 296 g/mol. The van der Waals surface area contributed by atoms with E-state index in [-0.39, 0.29) is 24.8 Å². The van der Waals surface area contributed by atoms with E-state index >= 15 is 0 Å². The third-order valence-corrected chi connectivity index (χ3v) is 2.83. The minimum atomic E-state index is -0.346. The minimum Gasteiger partial charge on any atom is -0.466 e. The van der Waals surface area contributed by atoms with Crippen LogP contribution in [-0.2, 0) is 31.9 Å². The number of H-pyrrole nitrogens is 1. The summed E-state index contributed by atoms with van der Waals surface area (Å²) in [5, 5.41) is 11.6. The van der Waals surface area contributed by atoms with E-state index in [1.54, 1.807) is 20.0 Å². The van der Waals surface area contributed by atoms with Crippen LogP contribution in [0.3, 0.4) is 0 Å². The van der Waals surface area contributed by atoms with E-state index < -0.39 is 0 Å². The van der Waals surface area contributed by atoms with Gasteiger partial charge in [0.25, 0.3) is 0 Å². The molecule has 0 radical (unpaired) electrons. The van der Waals surface area contributed by atoms with E-state index in [1.165, 1.54) is 6.21 Å². The van der Waals surface area contributed by atoms with Crippen LogP contribution in [0.5, 0.6) is 0 Å². The molecule has 0 saturated heterocycles. The Hall–Kier alpha value is -2.31. The first-order valence-electron chi connectivity index (χ1n) is 6.80. The van der Waals surface area contributed by atoms with E-state index in [9.17, 15) is 9.59 Å². The van der Waals surface area contributed by atoms with Crippen molar-refractivity contribution in [1.29, 1.82) is 0 Å². The highest BCUT2D eigenvalue weighted by molar-refractivity contribution is 5.82. The molecule has 0 bridgehead atoms. The number of esters is 2. The van der Waals surface area contributed by atoms with Crippen molar-refractivity contribution in [1.82, 2.24) is 4.98 Å². The maximum absolute atomic E-state index is 11.6. The average molecular weight is 296 g/mol. The van der Waals surface area contributed by atoms with E-state index in [0.717, 1.165) is 5.56 Å². The van der Waals surface area contributed by atoms with Crippen molar-refractivity contribution >= 4 is 18.2 Å². The third kappa shape index (κ3) is 5.29. The van der Waals surface area contributed by atoms with Gasteiger partial charge in [-0.25, -0.2) is 0 Å². The predicted octanol–water partition coefficient (Wildman–Crippen LogP) is 1.42. The first-order chi connectivity index (χ1) is 10.1. The normalized spacial score (nSPS) is 10.8. The standard InChI is InChI=1S/C14H20N2O5/c1-3-20-13(17)6-5-11-10(7-14(18)21-4-2)8-15-12(11)9-16-19/h8-9,15,19H,3-7H2,1-2H3/b16-9-. The fraction of sp³-hybridized carbons (Fsp3) is 0.500. The summed E-state index contributed by atoms with van der Waals surface area (Å²) in [7, 11) is 0. The van der Waals surface area contributed by atoms with E-state index in [1.807, 2.05) is 0 Å². The summed E-state index contributed by atoms with van der Waals surface area (Å²) >= 11 is 0. The number of rotatable bonds is 8. The molecule has 21 heavy (non-hydrogen) atoms. The fourth-order valence-corrected chi connectivity index (χ4v) is 1.97. The number of hydrogen-bond acceptors (Lipinski definition) is 6. The van der Waals surface area contributed by atoms with Gasteiger partial charge in [-0.1, -0.05) is 5.16 Å². The summed E-state index contributed by atoms with van der Waals surface area (Å²) in [6, 6.07) is 0. The Kier molecular flexibility index (Phi) is 7.00. The van der Waals surface area contributed by atoms with Crippen LogP contribution in [0.15, 0.2) is 11.4 Å². The van der Waals surface area contributed by atoms with Gasteiger partial charge in [0.05, 0.1) is 31.5 Å². The zero-order valence-electron chi connectivity index (χ0n) is 12.2. The number of nitrogens with zero attached hydrogens (tertiary/aromatic N) is 1. The smallest absolute Gasteiger partial charge is 0.310 e. The number of oxime groups is 1. The molecule has 0 spiro atoms. The van der Waals surface area contributed by atoms with Crippen molar-refractivity contribution in [2.24, 2.45) is 5.16 Å². The Morgan fingerprint density at radius 1 is 1.29 bits per heavy atom. The molecule has 0 fully saturated rings. The molecule has 7 heteroatoms. The van der Waals surface area contributed by atoms with Gasteiger partial charge in [-0.15, -0.1) is 0 Å². The molecule has 0 unspecified atom stereocenters. The third-order valence-electron chi connectivity index (χ3n) is 2.83. The van der Waals surface area contributed by atoms with Gasteiger partial charge < -0.3 is 19.7 Å². The minimum absolute atomic E-state index is 0.0990. The molecule has 0 aliphatic carbocycles. The number of nitrogens with one attached hydrogen (secondary N) is 1. The van der Waals surface area contributed by atoms with Gasteiger partial charge in [-0.2, -0.15) is 0 Å². The van der Waals surface area contributed by atoms with Gasteiger partial charge in [0.1, 0.15) is 0 Å². The van der Waals surface area contributed by atoms with Gasteiger partial charge in [0, 0.05) is 12.6 Å². The topological polar surface area (TPSA) is 101 Å². The van der Waals surface area contributed by atoms with Crippen LogP contribution in [0.4, 0.5) is 0 Å². The van der Waals surface area contributed by atoms with Gasteiger partial charge in [0.2, 0.25) is 0 Å². The molecule has 0 aliphatic heterocycles. The number of aromatic nitrogens is 1. The summed E-state index contributed by atoms with van der Waals surface area (Å²) in [4.78, 5) is 25.9. The zero-order valence-corrected chi connectivity index (χ0v) is 12.2. The van der Waals surface area contributed by atoms with Crippen LogP contribution in [0.1, 0.15) is 37.1 Å². The van der Waals surface area contributed by atoms with Crippen molar-refractivity contribution in [2.75, 3.05) is 13.2 Å². The van der Waals surface area contributed by atoms with Crippen LogP contribution in [0.25, 0.3) is 0 Å². The van der Waals surface area contributed by atoms with Crippen LogP contribution in [-0.4, -0.2) is 41.6 Å². The summed E-state index contributed by atoms with van der Waals surface area (Å²) in [6.07, 6.45) is 3.55. The molecule has 0 saturated carbocycles. The second-order valence-corrected chi connectivity index (χ2v) is 4.24. The molecule has 0 amide bonds. The number of ether oxygens (including phenoxy) is 2. The molecule has 1 rings (SSSR count). The van der Waals surface area contributed by atoms with E-state index in [4.69, 9.17) is 14.7 Å². The molecule has 0 aromatic carbocycles. The quantitative estimate of drug-likeness (QED) is 0.327. The van der Waals surface area contributed by atoms with Crippen molar-refractivity contribution in [3.05, 3.63) is 23.0 Å². The molecular weight excluding hydrogens is 276 g/mol. The average Bonchev–Trinajstić information content (AvgIpc) is 2.80. The highest BCUT2D eigenvalue weighted by Crippen LogP contribution is 2.17. The molecule has 2 N–H and O–H groups in total. The molecule has 0 aliphatic rings. The lowest BCUT2D eigenvalue weighted by Gasteiger charge is -2.06. The lowest BCUT2D eigenvalue weighted by atomic mass is 10.0. The van der Waals surface area contributed by atoms with Gasteiger partial charge in [-0.05, 0) is 31.4 Å². The lowest BCUT2D eigenvalue weighted by molar-refractivity contribution is -0.143. The van der Waals surface area contributed by atoms with Crippen molar-refractivity contribution < 1.29 is 24.3 Å². The number of hydrogen-bond donors (Lipinski definition) is 2. The van der Waals surface area contributed by atoms with Crippen LogP contribution >= 0.6 is 0 Å². The van der Waals surface area contributed by atoms with Gasteiger partial charge in [-0.3, -0.25) is 9.59 Å². The van der Waals surface area contributed by atoms with Gasteiger partial charge in [0.15, 0.2) is 0 Å². The van der Waals surface area contributed by atoms with Crippen LogP contribution in [0.2, 0.25) is 0 Å². The molecule has 116 valence electrons. The fourth-order valence-electron chi connectivity index (χ4n) is 1.97. The Bertz CT molecular complexity index is 507. The van der Waals surface area contributed by atoms with E-state index in [2.05, 4.69) is 10.1 Å². The molecule has 1 heterocycles. The molecule has 1 aromatic heterocycles. The Morgan fingerprint density at radius 2 is 1.95 bits per heavy atom. The number of aromatic amines is 1. The number of carbonyl (C=O) groups excluding carboxylic acids is 2. The Morgan fingerprint density at radius 3 is 2.57 bits per heavy atom. The molecule has 7 nitrogen and oxygen atoms in total. The highest BCUT2D eigenvalue weighted by Gasteiger charge is 2.15. The maximum atomic E-state index is 11.6. The van der Waals surface area contributed by atoms with Gasteiger partial charge >= 0.3 is 11.9 Å². The first kappa shape index (κ1) is 16.7. The van der Waals surface area contributed by atoms with Crippen molar-refractivity contribution in [3.8, 4) is 0 Å². The van der Waals surface area contributed by atoms with Crippen molar-refractivity contribution in [3.63, 3.8) is 0 Å². The highest BCUT2D eigenvalue weighted by atomic mass is 16.5. The summed E-state index contributed by atoms with van der Waals surface area (Å²) in [6.45, 7) is 4.11. The summed E-state index contributed by atoms with van der Waals surface area (Å²) in [5.41, 5.74) is 2.02. The largest absolute Gasteiger partial charge is 0.466 e. The molecule has 1 aromatic rings. The zero-order chi connectivity index (χ0) is 15.7. The van der Waals surface area contributed by atoms with Crippen molar-refractivity contribution in [2.45, 2.75) is 33.1 Å². The summed E-state index contributed by atoms with van der Waals surface area (Å²) < 4.78 is 9.78. The second-order valence-electron chi connectivity index (χ2n) is 4.24. The Balaban J connectivity index is 2.83. The lowest BCUT2D eigenvalue weighted by Crippen LogP contribution is -2.10. The Labute approximate surface area is 122 Å². The molecular formula is C14H20N2O5. The first-order valence-corrected chi connectivity index (χ1v) is 6.80. The number of carbonyl (C=O) groups is 2. The maximum Gasteiger partial charge on any atom is 0.310 e. The second kappa shape index (κ2) is 8.78. The SMILES string of the molecule is CCOC(=O)CCc1c(CC(=O)OCC)c[nH]c1/C=N\O. The molecule has 0 atom stereocenters. The predicted molar refractivity (Wildman–Crippen MR) is 75.5 cm³/mol. The summed E-state index contributed by atoms with van der Waals surface area (Å²) in [5.74, 6) is -0.658. The van der Waals surface area contributed by atoms with Crippen LogP contribution < -0.4 is 0 Å². The van der Waals surface area contributed by atoms with Crippen LogP contribution in [0, 0.1) is 0 Å². The van der Waals surface area contributed by atoms with E-state index in [0.29, 0.717) is 30.9 Å².